The van der Waals surface area contributed by atoms with E-state index in [1.54, 1.807) is 24.3 Å². The van der Waals surface area contributed by atoms with Gasteiger partial charge in [0.25, 0.3) is 5.91 Å². The number of carbonyl (C=O) groups excluding carboxylic acids is 2. The van der Waals surface area contributed by atoms with Crippen molar-refractivity contribution in [3.8, 4) is 5.69 Å². The molecule has 0 bridgehead atoms. The molecular formula is C27H30F3N3O3. The summed E-state index contributed by atoms with van der Waals surface area (Å²) in [6.45, 7) is 4.50. The van der Waals surface area contributed by atoms with Crippen molar-refractivity contribution in [2.45, 2.75) is 45.2 Å². The van der Waals surface area contributed by atoms with Crippen molar-refractivity contribution < 1.29 is 27.5 Å². The largest absolute Gasteiger partial charge is 0.469 e. The SMILES string of the molecule is COC(=O)CCNC(=O)c1ccc(C(Cc2ccc(-n3cc(C(F)(F)F)cn3)cc2)CC(C)C)cc1. The van der Waals surface area contributed by atoms with Crippen molar-refractivity contribution in [1.29, 1.82) is 0 Å². The smallest absolute Gasteiger partial charge is 0.419 e. The van der Waals surface area contributed by atoms with Crippen molar-refractivity contribution in [3.05, 3.63) is 83.2 Å². The monoisotopic (exact) mass is 501 g/mol. The molecular weight excluding hydrogens is 471 g/mol. The van der Waals surface area contributed by atoms with Crippen LogP contribution < -0.4 is 5.32 Å². The molecule has 0 aliphatic rings. The van der Waals surface area contributed by atoms with Gasteiger partial charge in [-0.05, 0) is 60.1 Å². The molecule has 9 heteroatoms. The van der Waals surface area contributed by atoms with Crippen LogP contribution in [-0.2, 0) is 22.1 Å². The van der Waals surface area contributed by atoms with E-state index in [1.807, 2.05) is 24.3 Å². The zero-order chi connectivity index (χ0) is 26.3. The molecule has 3 rings (SSSR count). The Hall–Kier alpha value is -3.62. The van der Waals surface area contributed by atoms with Gasteiger partial charge in [0.05, 0.1) is 31.0 Å². The van der Waals surface area contributed by atoms with Crippen LogP contribution >= 0.6 is 0 Å². The first-order valence-corrected chi connectivity index (χ1v) is 11.7. The van der Waals surface area contributed by atoms with Gasteiger partial charge in [-0.2, -0.15) is 18.3 Å². The van der Waals surface area contributed by atoms with Crippen LogP contribution in [0.4, 0.5) is 13.2 Å². The van der Waals surface area contributed by atoms with Gasteiger partial charge in [0.2, 0.25) is 0 Å². The summed E-state index contributed by atoms with van der Waals surface area (Å²) < 4.78 is 44.4. The van der Waals surface area contributed by atoms with Gasteiger partial charge >= 0.3 is 12.1 Å². The summed E-state index contributed by atoms with van der Waals surface area (Å²) in [7, 11) is 1.30. The first-order chi connectivity index (χ1) is 17.1. The van der Waals surface area contributed by atoms with E-state index in [-0.39, 0.29) is 30.8 Å². The van der Waals surface area contributed by atoms with Crippen LogP contribution in [0.25, 0.3) is 5.69 Å². The molecule has 3 aromatic rings. The minimum absolute atomic E-state index is 0.111. The highest BCUT2D eigenvalue weighted by atomic mass is 19.4. The van der Waals surface area contributed by atoms with E-state index in [0.29, 0.717) is 17.2 Å². The lowest BCUT2D eigenvalue weighted by atomic mass is 9.85. The first-order valence-electron chi connectivity index (χ1n) is 11.7. The van der Waals surface area contributed by atoms with Crippen LogP contribution in [0.1, 0.15) is 59.7 Å². The number of rotatable bonds is 10. The number of halogens is 3. The molecule has 0 radical (unpaired) electrons. The van der Waals surface area contributed by atoms with Crippen LogP contribution in [0.15, 0.2) is 60.9 Å². The molecule has 0 spiro atoms. The van der Waals surface area contributed by atoms with Gasteiger partial charge in [0.15, 0.2) is 0 Å². The molecule has 1 heterocycles. The lowest BCUT2D eigenvalue weighted by Gasteiger charge is -2.20. The Bertz CT molecular complexity index is 1150. The predicted octanol–water partition coefficient (Wildman–Crippen LogP) is 5.56. The molecule has 1 unspecified atom stereocenters. The number of esters is 1. The summed E-state index contributed by atoms with van der Waals surface area (Å²) in [6.07, 6.45) is -0.850. The number of benzene rings is 2. The Balaban J connectivity index is 1.68. The average molecular weight is 502 g/mol. The Labute approximate surface area is 208 Å². The topological polar surface area (TPSA) is 73.2 Å². The second kappa shape index (κ2) is 11.9. The van der Waals surface area contributed by atoms with Crippen molar-refractivity contribution >= 4 is 11.9 Å². The maximum atomic E-state index is 12.9. The van der Waals surface area contributed by atoms with Crippen molar-refractivity contribution in [3.63, 3.8) is 0 Å². The van der Waals surface area contributed by atoms with Crippen LogP contribution in [0.2, 0.25) is 0 Å². The Morgan fingerprint density at radius 3 is 2.28 bits per heavy atom. The third-order valence-corrected chi connectivity index (χ3v) is 5.84. The van der Waals surface area contributed by atoms with Crippen LogP contribution in [0, 0.1) is 5.92 Å². The fourth-order valence-corrected chi connectivity index (χ4v) is 3.97. The van der Waals surface area contributed by atoms with Crippen molar-refractivity contribution in [2.24, 2.45) is 5.92 Å². The van der Waals surface area contributed by atoms with Crippen molar-refractivity contribution in [2.75, 3.05) is 13.7 Å². The number of methoxy groups -OCH3 is 1. The Morgan fingerprint density at radius 1 is 1.06 bits per heavy atom. The van der Waals surface area contributed by atoms with Gasteiger partial charge in [0, 0.05) is 18.3 Å². The van der Waals surface area contributed by atoms with Crippen LogP contribution in [0.3, 0.4) is 0 Å². The third kappa shape index (κ3) is 7.44. The zero-order valence-corrected chi connectivity index (χ0v) is 20.5. The van der Waals surface area contributed by atoms with Crippen molar-refractivity contribution in [1.82, 2.24) is 15.1 Å². The molecule has 0 saturated carbocycles. The highest BCUT2D eigenvalue weighted by Gasteiger charge is 2.32. The van der Waals surface area contributed by atoms with E-state index in [9.17, 15) is 22.8 Å². The van der Waals surface area contributed by atoms with Gasteiger partial charge < -0.3 is 10.1 Å². The van der Waals surface area contributed by atoms with Gasteiger partial charge in [0.1, 0.15) is 0 Å². The summed E-state index contributed by atoms with van der Waals surface area (Å²) >= 11 is 0. The standard InChI is InChI=1S/C27H30F3N3O3/c1-18(2)14-22(20-6-8-21(9-7-20)26(35)31-13-12-25(34)36-3)15-19-4-10-24(11-5-19)33-17-23(16-32-33)27(28,29)30/h4-11,16-18,22H,12-15H2,1-3H3,(H,31,35). The van der Waals surface area contributed by atoms with Gasteiger partial charge in [-0.15, -0.1) is 0 Å². The number of carbonyl (C=O) groups is 2. The van der Waals surface area contributed by atoms with E-state index in [4.69, 9.17) is 0 Å². The second-order valence-electron chi connectivity index (χ2n) is 9.07. The van der Waals surface area contributed by atoms with E-state index in [0.717, 1.165) is 36.4 Å². The molecule has 36 heavy (non-hydrogen) atoms. The number of nitrogens with zero attached hydrogens (tertiary/aromatic N) is 2. The summed E-state index contributed by atoms with van der Waals surface area (Å²) in [5.41, 5.74) is 2.42. The van der Waals surface area contributed by atoms with Crippen LogP contribution in [-0.4, -0.2) is 35.3 Å². The summed E-state index contributed by atoms with van der Waals surface area (Å²) in [5, 5.41) is 6.53. The number of aromatic nitrogens is 2. The maximum Gasteiger partial charge on any atom is 0.419 e. The summed E-state index contributed by atoms with van der Waals surface area (Å²) in [5.74, 6) is 0.00824. The molecule has 1 amide bonds. The fourth-order valence-electron chi connectivity index (χ4n) is 3.97. The molecule has 6 nitrogen and oxygen atoms in total. The second-order valence-corrected chi connectivity index (χ2v) is 9.07. The molecule has 2 aromatic carbocycles. The average Bonchev–Trinajstić information content (AvgIpc) is 3.35. The molecule has 1 atom stereocenters. The van der Waals surface area contributed by atoms with E-state index in [2.05, 4.69) is 29.0 Å². The minimum Gasteiger partial charge on any atom is -0.469 e. The normalized spacial score (nSPS) is 12.4. The molecule has 192 valence electrons. The number of hydrogen-bond acceptors (Lipinski definition) is 4. The minimum atomic E-state index is -4.43. The number of hydrogen-bond donors (Lipinski definition) is 1. The molecule has 0 aliphatic heterocycles. The Kier molecular flexibility index (Phi) is 8.90. The number of ether oxygens (including phenoxy) is 1. The molecule has 0 fully saturated rings. The number of alkyl halides is 3. The maximum absolute atomic E-state index is 12.9. The number of amides is 1. The lowest BCUT2D eigenvalue weighted by Crippen LogP contribution is -2.26. The van der Waals surface area contributed by atoms with Gasteiger partial charge in [-0.1, -0.05) is 38.1 Å². The van der Waals surface area contributed by atoms with E-state index in [1.165, 1.54) is 11.8 Å². The van der Waals surface area contributed by atoms with Gasteiger partial charge in [-0.25, -0.2) is 4.68 Å². The highest BCUT2D eigenvalue weighted by molar-refractivity contribution is 5.94. The summed E-state index contributed by atoms with van der Waals surface area (Å²) in [4.78, 5) is 23.5. The van der Waals surface area contributed by atoms with Gasteiger partial charge in [-0.3, -0.25) is 9.59 Å². The summed E-state index contributed by atoms with van der Waals surface area (Å²) in [6, 6.07) is 14.8. The quantitative estimate of drug-likeness (QED) is 0.370. The molecule has 1 N–H and O–H groups in total. The van der Waals surface area contributed by atoms with Crippen LogP contribution in [0.5, 0.6) is 0 Å². The molecule has 0 saturated heterocycles. The molecule has 1 aromatic heterocycles. The highest BCUT2D eigenvalue weighted by Crippen LogP contribution is 2.30. The molecule has 0 aliphatic carbocycles. The van der Waals surface area contributed by atoms with E-state index < -0.39 is 11.7 Å². The lowest BCUT2D eigenvalue weighted by molar-refractivity contribution is -0.140. The first kappa shape index (κ1) is 27.0. The fraction of sp³-hybridized carbons (Fsp3) is 0.370. The predicted molar refractivity (Wildman–Crippen MR) is 130 cm³/mol. The Morgan fingerprint density at radius 2 is 1.72 bits per heavy atom. The zero-order valence-electron chi connectivity index (χ0n) is 20.5. The third-order valence-electron chi connectivity index (χ3n) is 5.84. The van der Waals surface area contributed by atoms with E-state index >= 15 is 0 Å². The number of nitrogens with one attached hydrogen (secondary N) is 1.